The fourth-order valence-corrected chi connectivity index (χ4v) is 4.60. The molecule has 0 radical (unpaired) electrons. The van der Waals surface area contributed by atoms with Crippen molar-refractivity contribution in [2.24, 2.45) is 0 Å². The van der Waals surface area contributed by atoms with Crippen LogP contribution < -0.4 is 0 Å². The van der Waals surface area contributed by atoms with E-state index >= 15 is 0 Å². The van der Waals surface area contributed by atoms with Crippen molar-refractivity contribution in [1.82, 2.24) is 19.5 Å². The summed E-state index contributed by atoms with van der Waals surface area (Å²) in [5, 5.41) is -0.827. The summed E-state index contributed by atoms with van der Waals surface area (Å²) in [4.78, 5) is 72.3. The van der Waals surface area contributed by atoms with Crippen LogP contribution in [0.5, 0.6) is 0 Å². The van der Waals surface area contributed by atoms with E-state index in [0.717, 1.165) is 46.4 Å². The van der Waals surface area contributed by atoms with Gasteiger partial charge in [0.2, 0.25) is 0 Å². The molecular weight excluding hydrogens is 548 g/mol. The predicted molar refractivity (Wildman–Crippen MR) is 132 cm³/mol. The molecule has 0 aliphatic heterocycles. The third-order valence-corrected chi connectivity index (χ3v) is 6.05. The highest BCUT2D eigenvalue weighted by molar-refractivity contribution is 7.98. The Morgan fingerprint density at radius 2 is 1.37 bits per heavy atom. The van der Waals surface area contributed by atoms with Gasteiger partial charge in [-0.3, -0.25) is 28.5 Å². The van der Waals surface area contributed by atoms with E-state index in [1.807, 2.05) is 0 Å². The summed E-state index contributed by atoms with van der Waals surface area (Å²) < 4.78 is 28.4. The van der Waals surface area contributed by atoms with Crippen LogP contribution in [0.15, 0.2) is 12.7 Å². The van der Waals surface area contributed by atoms with E-state index in [-0.39, 0.29) is 16.3 Å². The predicted octanol–water partition coefficient (Wildman–Crippen LogP) is 1.63. The second-order valence-corrected chi connectivity index (χ2v) is 9.10. The summed E-state index contributed by atoms with van der Waals surface area (Å²) >= 11 is 7.29. The molecule has 0 bridgehead atoms. The van der Waals surface area contributed by atoms with Crippen molar-refractivity contribution in [2.75, 3.05) is 12.9 Å². The fraction of sp³-hybridized carbons (Fsp3) is 0.545. The van der Waals surface area contributed by atoms with Gasteiger partial charge in [0.05, 0.1) is 6.33 Å². The molecule has 0 saturated carbocycles. The zero-order valence-corrected chi connectivity index (χ0v) is 23.0. The molecule has 0 saturated heterocycles. The van der Waals surface area contributed by atoms with Gasteiger partial charge >= 0.3 is 29.8 Å². The summed E-state index contributed by atoms with van der Waals surface area (Å²) in [6.45, 7) is 4.94. The maximum atomic E-state index is 12.3. The molecule has 5 atom stereocenters. The second-order valence-electron chi connectivity index (χ2n) is 7.79. The van der Waals surface area contributed by atoms with Crippen LogP contribution >= 0.6 is 23.4 Å². The zero-order chi connectivity index (χ0) is 28.6. The minimum Gasteiger partial charge on any atom is -0.462 e. The van der Waals surface area contributed by atoms with Crippen LogP contribution in [0.4, 0.5) is 0 Å². The van der Waals surface area contributed by atoms with Crippen LogP contribution in [0.25, 0.3) is 11.2 Å². The number of thioether (sulfide) groups is 1. The van der Waals surface area contributed by atoms with Gasteiger partial charge in [-0.25, -0.2) is 15.0 Å². The smallest absolute Gasteiger partial charge is 0.303 e. The normalized spacial score (nSPS) is 14.9. The lowest BCUT2D eigenvalue weighted by atomic mass is 10.0. The zero-order valence-electron chi connectivity index (χ0n) is 21.4. The van der Waals surface area contributed by atoms with E-state index in [0.29, 0.717) is 0 Å². The van der Waals surface area contributed by atoms with E-state index in [1.165, 1.54) is 17.2 Å². The highest BCUT2D eigenvalue weighted by Gasteiger charge is 2.47. The largest absolute Gasteiger partial charge is 0.462 e. The number of halogens is 1. The maximum Gasteiger partial charge on any atom is 0.303 e. The maximum absolute atomic E-state index is 12.3. The summed E-state index contributed by atoms with van der Waals surface area (Å²) in [7, 11) is 0. The lowest BCUT2D eigenvalue weighted by molar-refractivity contribution is -0.203. The lowest BCUT2D eigenvalue weighted by Gasteiger charge is -2.38. The van der Waals surface area contributed by atoms with Crippen LogP contribution in [0.2, 0.25) is 5.15 Å². The number of hydrogen-bond acceptors (Lipinski definition) is 14. The number of imidazole rings is 1. The van der Waals surface area contributed by atoms with Gasteiger partial charge < -0.3 is 23.7 Å². The molecule has 208 valence electrons. The SMILES string of the molecule is CS[C@@H]([C@@H](OC(C)=O)[C@@H](OC(C)=O)[C@H](OC(C)=O)[C@@H](COC(C)=O)OC(C)=O)n1cnc2c(Cl)ncnc21. The Morgan fingerprint density at radius 3 is 1.89 bits per heavy atom. The van der Waals surface area contributed by atoms with Gasteiger partial charge in [-0.15, -0.1) is 11.8 Å². The fourth-order valence-electron chi connectivity index (χ4n) is 3.56. The van der Waals surface area contributed by atoms with Gasteiger partial charge in [-0.2, -0.15) is 0 Å². The lowest BCUT2D eigenvalue weighted by Crippen LogP contribution is -2.54. The molecule has 14 nitrogen and oxygen atoms in total. The molecule has 0 fully saturated rings. The van der Waals surface area contributed by atoms with Crippen molar-refractivity contribution < 1.29 is 47.7 Å². The molecule has 2 aromatic heterocycles. The molecule has 0 aliphatic carbocycles. The molecule has 0 aromatic carbocycles. The molecule has 38 heavy (non-hydrogen) atoms. The molecule has 2 aromatic rings. The standard InChI is InChI=1S/C22H27ClN4O10S/c1-10(28)33-7-15(34-11(2)29)17(35-12(3)30)18(36-13(4)31)19(37-14(5)32)22(38-6)27-9-26-16-20(23)24-8-25-21(16)27/h8-9,15,17-19,22H,7H2,1-6H3/t15-,17-,18+,19+,22+/m1/s1. The summed E-state index contributed by atoms with van der Waals surface area (Å²) in [5.41, 5.74) is 0.520. The van der Waals surface area contributed by atoms with Gasteiger partial charge in [0.25, 0.3) is 0 Å². The molecule has 0 amide bonds. The highest BCUT2D eigenvalue weighted by atomic mass is 35.5. The first kappa shape index (κ1) is 30.8. The molecule has 16 heteroatoms. The van der Waals surface area contributed by atoms with Crippen molar-refractivity contribution in [1.29, 1.82) is 0 Å². The number of aromatic nitrogens is 4. The van der Waals surface area contributed by atoms with E-state index in [4.69, 9.17) is 35.3 Å². The number of nitrogens with zero attached hydrogens (tertiary/aromatic N) is 4. The molecule has 2 heterocycles. The van der Waals surface area contributed by atoms with Gasteiger partial charge in [0, 0.05) is 34.6 Å². The Kier molecular flexibility index (Phi) is 11.3. The van der Waals surface area contributed by atoms with Crippen LogP contribution in [0.3, 0.4) is 0 Å². The van der Waals surface area contributed by atoms with Gasteiger partial charge in [-0.05, 0) is 6.26 Å². The average molecular weight is 575 g/mol. The summed E-state index contributed by atoms with van der Waals surface area (Å²) in [6, 6.07) is 0. The Balaban J connectivity index is 2.72. The van der Waals surface area contributed by atoms with Gasteiger partial charge in [-0.1, -0.05) is 11.6 Å². The number of fused-ring (bicyclic) bond motifs is 1. The van der Waals surface area contributed by atoms with Crippen molar-refractivity contribution in [3.8, 4) is 0 Å². The number of ether oxygens (including phenoxy) is 5. The van der Waals surface area contributed by atoms with Crippen molar-refractivity contribution in [3.63, 3.8) is 0 Å². The van der Waals surface area contributed by atoms with Crippen molar-refractivity contribution >= 4 is 64.4 Å². The molecule has 0 N–H and O–H groups in total. The number of rotatable bonds is 12. The second kappa shape index (κ2) is 13.9. The first-order chi connectivity index (χ1) is 17.8. The average Bonchev–Trinajstić information content (AvgIpc) is 3.23. The molecule has 0 spiro atoms. The van der Waals surface area contributed by atoms with Crippen LogP contribution in [-0.4, -0.2) is 86.6 Å². The first-order valence-electron chi connectivity index (χ1n) is 11.0. The van der Waals surface area contributed by atoms with E-state index in [2.05, 4.69) is 15.0 Å². The van der Waals surface area contributed by atoms with E-state index in [9.17, 15) is 24.0 Å². The Bertz CT molecular complexity index is 1190. The topological polar surface area (TPSA) is 175 Å². The van der Waals surface area contributed by atoms with Crippen LogP contribution in [0, 0.1) is 0 Å². The number of carbonyl (C=O) groups excluding carboxylic acids is 5. The number of hydrogen-bond donors (Lipinski definition) is 0. The Hall–Kier alpha value is -3.46. The highest BCUT2D eigenvalue weighted by Crippen LogP contribution is 2.35. The van der Waals surface area contributed by atoms with Crippen molar-refractivity contribution in [3.05, 3.63) is 17.8 Å². The minimum atomic E-state index is -1.58. The van der Waals surface area contributed by atoms with Gasteiger partial charge in [0.1, 0.15) is 23.8 Å². The first-order valence-corrected chi connectivity index (χ1v) is 12.7. The van der Waals surface area contributed by atoms with Gasteiger partial charge in [0.15, 0.2) is 35.2 Å². The minimum absolute atomic E-state index is 0.0725. The van der Waals surface area contributed by atoms with Crippen LogP contribution in [0.1, 0.15) is 40.0 Å². The van der Waals surface area contributed by atoms with Crippen LogP contribution in [-0.2, 0) is 47.7 Å². The third kappa shape index (κ3) is 8.28. The number of esters is 5. The Morgan fingerprint density at radius 1 is 0.816 bits per heavy atom. The summed E-state index contributed by atoms with van der Waals surface area (Å²) in [5.74, 6) is -3.97. The molecular formula is C22H27ClN4O10S. The molecule has 0 aliphatic rings. The third-order valence-electron chi connectivity index (χ3n) is 4.80. The monoisotopic (exact) mass is 574 g/mol. The molecule has 2 rings (SSSR count). The van der Waals surface area contributed by atoms with E-state index in [1.54, 1.807) is 6.26 Å². The number of carbonyl (C=O) groups is 5. The quantitative estimate of drug-likeness (QED) is 0.203. The summed E-state index contributed by atoms with van der Waals surface area (Å²) in [6.07, 6.45) is -1.71. The molecule has 0 unspecified atom stereocenters. The van der Waals surface area contributed by atoms with E-state index < -0.39 is 66.2 Å². The Labute approximate surface area is 226 Å². The van der Waals surface area contributed by atoms with Crippen molar-refractivity contribution in [2.45, 2.75) is 64.4 Å².